The van der Waals surface area contributed by atoms with Crippen molar-refractivity contribution < 1.29 is 4.42 Å². The summed E-state index contributed by atoms with van der Waals surface area (Å²) in [4.78, 5) is 2.51. The monoisotopic (exact) mass is 266 g/mol. The molecule has 2 N–H and O–H groups in total. The van der Waals surface area contributed by atoms with Gasteiger partial charge in [0.2, 0.25) is 0 Å². The molecule has 0 bridgehead atoms. The lowest BCUT2D eigenvalue weighted by molar-refractivity contribution is 0.105. The lowest BCUT2D eigenvalue weighted by atomic mass is 10.0. The zero-order valence-electron chi connectivity index (χ0n) is 13.1. The van der Waals surface area contributed by atoms with Crippen molar-refractivity contribution in [2.45, 2.75) is 72.0 Å². The van der Waals surface area contributed by atoms with Gasteiger partial charge in [0.05, 0.1) is 6.04 Å². The zero-order chi connectivity index (χ0) is 14.4. The van der Waals surface area contributed by atoms with Crippen LogP contribution in [-0.2, 0) is 0 Å². The average Bonchev–Trinajstić information content (AvgIpc) is 2.79. The fourth-order valence-corrected chi connectivity index (χ4v) is 2.55. The molecular formula is C16H30N2O. The van der Waals surface area contributed by atoms with Gasteiger partial charge < -0.3 is 10.2 Å². The van der Waals surface area contributed by atoms with Gasteiger partial charge in [0.25, 0.3) is 0 Å². The summed E-state index contributed by atoms with van der Waals surface area (Å²) in [5.74, 6) is 1.96. The Hall–Kier alpha value is -0.800. The van der Waals surface area contributed by atoms with Gasteiger partial charge in [-0.05, 0) is 52.3 Å². The van der Waals surface area contributed by atoms with Crippen LogP contribution in [0.5, 0.6) is 0 Å². The predicted molar refractivity (Wildman–Crippen MR) is 81.2 cm³/mol. The summed E-state index contributed by atoms with van der Waals surface area (Å²) in [5.41, 5.74) is 6.24. The van der Waals surface area contributed by atoms with Gasteiger partial charge >= 0.3 is 0 Å². The molecule has 0 amide bonds. The van der Waals surface area contributed by atoms with Crippen LogP contribution in [0.4, 0.5) is 0 Å². The summed E-state index contributed by atoms with van der Waals surface area (Å²) in [5, 5.41) is 0. The van der Waals surface area contributed by atoms with E-state index < -0.39 is 0 Å². The van der Waals surface area contributed by atoms with Gasteiger partial charge in [-0.2, -0.15) is 0 Å². The Morgan fingerprint density at radius 2 is 1.95 bits per heavy atom. The van der Waals surface area contributed by atoms with E-state index in [2.05, 4.69) is 38.7 Å². The lowest BCUT2D eigenvalue weighted by Gasteiger charge is -2.37. The van der Waals surface area contributed by atoms with E-state index in [-0.39, 0.29) is 12.1 Å². The first kappa shape index (κ1) is 16.3. The topological polar surface area (TPSA) is 42.4 Å². The fourth-order valence-electron chi connectivity index (χ4n) is 2.55. The van der Waals surface area contributed by atoms with E-state index in [4.69, 9.17) is 10.2 Å². The highest BCUT2D eigenvalue weighted by Gasteiger charge is 2.29. The molecule has 19 heavy (non-hydrogen) atoms. The maximum Gasteiger partial charge on any atom is 0.122 e. The van der Waals surface area contributed by atoms with Gasteiger partial charge in [0.1, 0.15) is 11.5 Å². The third-order valence-corrected chi connectivity index (χ3v) is 3.83. The molecule has 1 aromatic rings. The van der Waals surface area contributed by atoms with Gasteiger partial charge in [0.15, 0.2) is 0 Å². The van der Waals surface area contributed by atoms with Gasteiger partial charge in [-0.25, -0.2) is 0 Å². The maximum atomic E-state index is 6.24. The Labute approximate surface area is 118 Å². The Kier molecular flexibility index (Phi) is 6.59. The van der Waals surface area contributed by atoms with Crippen molar-refractivity contribution >= 4 is 0 Å². The molecule has 0 saturated heterocycles. The minimum Gasteiger partial charge on any atom is -0.465 e. The van der Waals surface area contributed by atoms with E-state index in [0.717, 1.165) is 24.5 Å². The first-order valence-corrected chi connectivity index (χ1v) is 7.58. The smallest absolute Gasteiger partial charge is 0.122 e. The van der Waals surface area contributed by atoms with Crippen LogP contribution in [-0.4, -0.2) is 23.5 Å². The number of furan rings is 1. The Balaban J connectivity index is 2.97. The molecule has 1 aromatic heterocycles. The lowest BCUT2D eigenvalue weighted by Crippen LogP contribution is -2.44. The number of unbranched alkanes of at least 4 members (excludes halogenated alkanes) is 1. The minimum absolute atomic E-state index is 0.0661. The minimum atomic E-state index is 0.0661. The van der Waals surface area contributed by atoms with Crippen molar-refractivity contribution in [3.63, 3.8) is 0 Å². The molecule has 1 rings (SSSR count). The molecule has 0 spiro atoms. The summed E-state index contributed by atoms with van der Waals surface area (Å²) in [6.45, 7) is 11.9. The normalized spacial score (nSPS) is 16.6. The van der Waals surface area contributed by atoms with Gasteiger partial charge in [-0.1, -0.05) is 20.3 Å². The van der Waals surface area contributed by atoms with Gasteiger partial charge in [-0.3, -0.25) is 4.90 Å². The molecule has 0 aromatic carbocycles. The molecule has 110 valence electrons. The molecule has 0 aliphatic carbocycles. The van der Waals surface area contributed by atoms with Gasteiger partial charge in [0, 0.05) is 12.1 Å². The van der Waals surface area contributed by atoms with Crippen molar-refractivity contribution in [1.82, 2.24) is 4.90 Å². The maximum absolute atomic E-state index is 6.24. The van der Waals surface area contributed by atoms with E-state index in [9.17, 15) is 0 Å². The molecule has 3 atom stereocenters. The number of nitrogens with zero attached hydrogens (tertiary/aromatic N) is 1. The molecule has 3 unspecified atom stereocenters. The Bertz CT molecular complexity index is 359. The summed E-state index contributed by atoms with van der Waals surface area (Å²) >= 11 is 0. The molecule has 0 radical (unpaired) electrons. The molecule has 3 heteroatoms. The van der Waals surface area contributed by atoms with Crippen molar-refractivity contribution in [3.05, 3.63) is 23.7 Å². The zero-order valence-corrected chi connectivity index (χ0v) is 13.1. The van der Waals surface area contributed by atoms with Crippen LogP contribution in [0.2, 0.25) is 0 Å². The van der Waals surface area contributed by atoms with Crippen molar-refractivity contribution in [2.24, 2.45) is 5.73 Å². The predicted octanol–water partition coefficient (Wildman–Crippen LogP) is 3.88. The summed E-state index contributed by atoms with van der Waals surface area (Å²) < 4.78 is 5.84. The van der Waals surface area contributed by atoms with E-state index in [1.54, 1.807) is 0 Å². The standard InChI is InChI=1S/C16H30N2O/c1-6-8-11-18(12(3)7-2)16(14(5)17)15-10-9-13(4)19-15/h9-10,12,14,16H,6-8,11,17H2,1-5H3. The third-order valence-electron chi connectivity index (χ3n) is 3.83. The molecule has 0 aliphatic rings. The van der Waals surface area contributed by atoms with Crippen LogP contribution in [0.1, 0.15) is 64.5 Å². The molecule has 0 aliphatic heterocycles. The first-order valence-electron chi connectivity index (χ1n) is 7.58. The summed E-state index contributed by atoms with van der Waals surface area (Å²) in [6.07, 6.45) is 3.54. The Morgan fingerprint density at radius 3 is 2.37 bits per heavy atom. The molecule has 3 nitrogen and oxygen atoms in total. The number of nitrogens with two attached hydrogens (primary N) is 1. The second-order valence-corrected chi connectivity index (χ2v) is 5.60. The second kappa shape index (κ2) is 7.71. The van der Waals surface area contributed by atoms with Crippen molar-refractivity contribution in [2.75, 3.05) is 6.54 Å². The number of hydrogen-bond donors (Lipinski definition) is 1. The molecule has 0 fully saturated rings. The SMILES string of the molecule is CCCCN(C(C)CC)C(c1ccc(C)o1)C(C)N. The largest absolute Gasteiger partial charge is 0.465 e. The summed E-state index contributed by atoms with van der Waals surface area (Å²) in [7, 11) is 0. The van der Waals surface area contributed by atoms with E-state index in [1.165, 1.54) is 12.8 Å². The van der Waals surface area contributed by atoms with Crippen LogP contribution in [0.15, 0.2) is 16.5 Å². The molecule has 0 saturated carbocycles. The Morgan fingerprint density at radius 1 is 1.26 bits per heavy atom. The van der Waals surface area contributed by atoms with E-state index >= 15 is 0 Å². The quantitative estimate of drug-likeness (QED) is 0.776. The molecule has 1 heterocycles. The van der Waals surface area contributed by atoms with Crippen LogP contribution in [0, 0.1) is 6.92 Å². The number of aryl methyl sites for hydroxylation is 1. The average molecular weight is 266 g/mol. The fraction of sp³-hybridized carbons (Fsp3) is 0.750. The number of rotatable bonds is 8. The summed E-state index contributed by atoms with van der Waals surface area (Å²) in [6, 6.07) is 4.86. The second-order valence-electron chi connectivity index (χ2n) is 5.60. The van der Waals surface area contributed by atoms with Crippen molar-refractivity contribution in [1.29, 1.82) is 0 Å². The van der Waals surface area contributed by atoms with Crippen LogP contribution in [0.3, 0.4) is 0 Å². The van der Waals surface area contributed by atoms with Crippen LogP contribution < -0.4 is 5.73 Å². The van der Waals surface area contributed by atoms with Gasteiger partial charge in [-0.15, -0.1) is 0 Å². The van der Waals surface area contributed by atoms with E-state index in [1.807, 2.05) is 13.0 Å². The third kappa shape index (κ3) is 4.36. The van der Waals surface area contributed by atoms with E-state index in [0.29, 0.717) is 6.04 Å². The highest BCUT2D eigenvalue weighted by atomic mass is 16.3. The molecular weight excluding hydrogens is 236 g/mol. The van der Waals surface area contributed by atoms with Crippen LogP contribution >= 0.6 is 0 Å². The van der Waals surface area contributed by atoms with Crippen LogP contribution in [0.25, 0.3) is 0 Å². The first-order chi connectivity index (χ1) is 9.01. The van der Waals surface area contributed by atoms with Crippen molar-refractivity contribution in [3.8, 4) is 0 Å². The highest BCUT2D eigenvalue weighted by molar-refractivity contribution is 5.12. The highest BCUT2D eigenvalue weighted by Crippen LogP contribution is 2.28. The number of hydrogen-bond acceptors (Lipinski definition) is 3.